The van der Waals surface area contributed by atoms with Crippen LogP contribution in [0.15, 0.2) is 35.4 Å². The fraction of sp³-hybridized carbons (Fsp3) is 0.308. The van der Waals surface area contributed by atoms with Gasteiger partial charge in [0.2, 0.25) is 0 Å². The number of halogens is 1. The van der Waals surface area contributed by atoms with Gasteiger partial charge in [0, 0.05) is 5.57 Å². The normalized spacial score (nSPS) is 19.7. The van der Waals surface area contributed by atoms with Gasteiger partial charge in [0.15, 0.2) is 6.23 Å². The molecule has 17 heavy (non-hydrogen) atoms. The fourth-order valence-electron chi connectivity index (χ4n) is 1.68. The van der Waals surface area contributed by atoms with Crippen molar-refractivity contribution in [1.82, 2.24) is 5.43 Å². The van der Waals surface area contributed by atoms with Gasteiger partial charge in [-0.1, -0.05) is 26.0 Å². The van der Waals surface area contributed by atoms with Gasteiger partial charge in [0.25, 0.3) is 0 Å². The van der Waals surface area contributed by atoms with E-state index >= 15 is 0 Å². The number of aliphatic hydroxyl groups excluding tert-OH is 1. The van der Waals surface area contributed by atoms with Crippen molar-refractivity contribution >= 4 is 11.3 Å². The minimum atomic E-state index is -0.890. The number of hydrazone groups is 1. The van der Waals surface area contributed by atoms with Crippen molar-refractivity contribution in [3.05, 3.63) is 41.7 Å². The summed E-state index contributed by atoms with van der Waals surface area (Å²) in [4.78, 5) is 0. The Kier molecular flexibility index (Phi) is 3.24. The van der Waals surface area contributed by atoms with Gasteiger partial charge in [0.1, 0.15) is 5.82 Å². The Labute approximate surface area is 99.7 Å². The summed E-state index contributed by atoms with van der Waals surface area (Å²) in [6.45, 7) is 4.02. The summed E-state index contributed by atoms with van der Waals surface area (Å²) in [5.41, 5.74) is 4.78. The predicted molar refractivity (Wildman–Crippen MR) is 65.8 cm³/mol. The molecule has 4 heteroatoms. The van der Waals surface area contributed by atoms with Crippen molar-refractivity contribution in [1.29, 1.82) is 0 Å². The Bertz CT molecular complexity index is 480. The predicted octanol–water partition coefficient (Wildman–Crippen LogP) is 2.14. The zero-order valence-electron chi connectivity index (χ0n) is 9.81. The molecule has 1 aliphatic heterocycles. The quantitative estimate of drug-likeness (QED) is 0.823. The number of benzene rings is 1. The summed E-state index contributed by atoms with van der Waals surface area (Å²) < 4.78 is 13.1. The lowest BCUT2D eigenvalue weighted by atomic mass is 9.98. The molecule has 1 heterocycles. The van der Waals surface area contributed by atoms with Gasteiger partial charge in [0.05, 0.1) is 5.71 Å². The number of allylic oxidation sites excluding steroid dienone is 1. The SMILES string of the molecule is CC(C)C1=NNC(O)C(c2cccc(F)c2)=C1. The number of rotatable bonds is 2. The molecule has 0 aromatic heterocycles. The maximum absolute atomic E-state index is 13.1. The fourth-order valence-corrected chi connectivity index (χ4v) is 1.68. The van der Waals surface area contributed by atoms with E-state index in [0.29, 0.717) is 11.1 Å². The first-order valence-electron chi connectivity index (χ1n) is 5.56. The van der Waals surface area contributed by atoms with Crippen LogP contribution in [-0.2, 0) is 0 Å². The first-order chi connectivity index (χ1) is 8.08. The third-order valence-corrected chi connectivity index (χ3v) is 2.66. The van der Waals surface area contributed by atoms with Crippen molar-refractivity contribution in [2.45, 2.75) is 20.1 Å². The second-order valence-electron chi connectivity index (χ2n) is 4.33. The highest BCUT2D eigenvalue weighted by Gasteiger charge is 2.19. The first-order valence-corrected chi connectivity index (χ1v) is 5.56. The third-order valence-electron chi connectivity index (χ3n) is 2.66. The standard InChI is InChI=1S/C13H15FN2O/c1-8(2)12-7-11(13(17)16-15-12)9-4-3-5-10(14)6-9/h3-8,13,16-17H,1-2H3. The van der Waals surface area contributed by atoms with E-state index in [2.05, 4.69) is 10.5 Å². The van der Waals surface area contributed by atoms with Gasteiger partial charge in [-0.15, -0.1) is 0 Å². The minimum absolute atomic E-state index is 0.249. The third kappa shape index (κ3) is 2.53. The Balaban J connectivity index is 2.39. The van der Waals surface area contributed by atoms with Crippen LogP contribution in [-0.4, -0.2) is 17.0 Å². The highest BCUT2D eigenvalue weighted by Crippen LogP contribution is 2.22. The lowest BCUT2D eigenvalue weighted by molar-refractivity contribution is 0.194. The van der Waals surface area contributed by atoms with Crippen molar-refractivity contribution in [3.63, 3.8) is 0 Å². The number of hydrogen-bond acceptors (Lipinski definition) is 3. The molecule has 0 amide bonds. The van der Waals surface area contributed by atoms with Crippen LogP contribution in [0, 0.1) is 11.7 Å². The smallest absolute Gasteiger partial charge is 0.166 e. The average molecular weight is 234 g/mol. The van der Waals surface area contributed by atoms with Crippen molar-refractivity contribution in [2.24, 2.45) is 11.0 Å². The molecule has 0 saturated heterocycles. The number of nitrogens with one attached hydrogen (secondary N) is 1. The molecule has 1 aromatic rings. The van der Waals surface area contributed by atoms with Crippen molar-refractivity contribution in [2.75, 3.05) is 0 Å². The van der Waals surface area contributed by atoms with E-state index in [4.69, 9.17) is 0 Å². The van der Waals surface area contributed by atoms with Crippen LogP contribution in [0.3, 0.4) is 0 Å². The summed E-state index contributed by atoms with van der Waals surface area (Å²) in [7, 11) is 0. The van der Waals surface area contributed by atoms with E-state index < -0.39 is 6.23 Å². The summed E-state index contributed by atoms with van der Waals surface area (Å²) in [6, 6.07) is 6.17. The molecule has 1 unspecified atom stereocenters. The molecule has 0 fully saturated rings. The number of aliphatic hydroxyl groups is 1. The maximum Gasteiger partial charge on any atom is 0.166 e. The molecule has 0 saturated carbocycles. The zero-order chi connectivity index (χ0) is 12.4. The first kappa shape index (κ1) is 11.8. The largest absolute Gasteiger partial charge is 0.368 e. The second-order valence-corrected chi connectivity index (χ2v) is 4.33. The Hall–Kier alpha value is -1.68. The van der Waals surface area contributed by atoms with Crippen LogP contribution in [0.5, 0.6) is 0 Å². The van der Waals surface area contributed by atoms with E-state index in [1.165, 1.54) is 12.1 Å². The number of hydrogen-bond donors (Lipinski definition) is 2. The zero-order valence-corrected chi connectivity index (χ0v) is 9.81. The molecular formula is C13H15FN2O. The molecule has 2 rings (SSSR count). The Morgan fingerprint density at radius 1 is 1.41 bits per heavy atom. The highest BCUT2D eigenvalue weighted by atomic mass is 19.1. The van der Waals surface area contributed by atoms with Crippen molar-refractivity contribution < 1.29 is 9.50 Å². The molecule has 1 aromatic carbocycles. The molecule has 0 radical (unpaired) electrons. The van der Waals surface area contributed by atoms with Gasteiger partial charge < -0.3 is 5.11 Å². The van der Waals surface area contributed by atoms with E-state index in [-0.39, 0.29) is 11.7 Å². The molecule has 0 bridgehead atoms. The molecule has 1 atom stereocenters. The minimum Gasteiger partial charge on any atom is -0.368 e. The molecule has 0 spiro atoms. The molecule has 1 aliphatic rings. The summed E-state index contributed by atoms with van der Waals surface area (Å²) in [5.74, 6) is -0.0669. The van der Waals surface area contributed by atoms with Crippen LogP contribution in [0.2, 0.25) is 0 Å². The van der Waals surface area contributed by atoms with Gasteiger partial charge in [-0.05, 0) is 29.7 Å². The molecule has 2 N–H and O–H groups in total. The topological polar surface area (TPSA) is 44.6 Å². The van der Waals surface area contributed by atoms with Crippen LogP contribution in [0.25, 0.3) is 5.57 Å². The van der Waals surface area contributed by atoms with Crippen molar-refractivity contribution in [3.8, 4) is 0 Å². The lowest BCUT2D eigenvalue weighted by Gasteiger charge is -2.22. The Morgan fingerprint density at radius 2 is 2.18 bits per heavy atom. The molecule has 90 valence electrons. The van der Waals surface area contributed by atoms with Gasteiger partial charge in [-0.2, -0.15) is 5.10 Å². The second kappa shape index (κ2) is 4.67. The maximum atomic E-state index is 13.1. The van der Waals surface area contributed by atoms with Gasteiger partial charge in [-0.3, -0.25) is 5.43 Å². The van der Waals surface area contributed by atoms with E-state index in [1.54, 1.807) is 18.2 Å². The molecular weight excluding hydrogens is 219 g/mol. The summed E-state index contributed by atoms with van der Waals surface area (Å²) in [5, 5.41) is 13.9. The van der Waals surface area contributed by atoms with E-state index in [1.807, 2.05) is 13.8 Å². The van der Waals surface area contributed by atoms with Gasteiger partial charge >= 0.3 is 0 Å². The summed E-state index contributed by atoms with van der Waals surface area (Å²) in [6.07, 6.45) is 0.917. The van der Waals surface area contributed by atoms with Gasteiger partial charge in [-0.25, -0.2) is 4.39 Å². The van der Waals surface area contributed by atoms with Crippen LogP contribution in [0.4, 0.5) is 4.39 Å². The lowest BCUT2D eigenvalue weighted by Crippen LogP contribution is -2.31. The Morgan fingerprint density at radius 3 is 2.82 bits per heavy atom. The van der Waals surface area contributed by atoms with Crippen LogP contribution in [0.1, 0.15) is 19.4 Å². The average Bonchev–Trinajstić information content (AvgIpc) is 2.29. The highest BCUT2D eigenvalue weighted by molar-refractivity contribution is 6.03. The molecule has 3 nitrogen and oxygen atoms in total. The summed E-state index contributed by atoms with van der Waals surface area (Å²) >= 11 is 0. The molecule has 0 aliphatic carbocycles. The number of nitrogens with zero attached hydrogens (tertiary/aromatic N) is 1. The van der Waals surface area contributed by atoms with E-state index in [0.717, 1.165) is 5.71 Å². The van der Waals surface area contributed by atoms with E-state index in [9.17, 15) is 9.50 Å². The van der Waals surface area contributed by atoms with Crippen LogP contribution < -0.4 is 5.43 Å². The van der Waals surface area contributed by atoms with Crippen LogP contribution >= 0.6 is 0 Å². The monoisotopic (exact) mass is 234 g/mol.